The topological polar surface area (TPSA) is 81.0 Å². The lowest BCUT2D eigenvalue weighted by Gasteiger charge is -2.21. The summed E-state index contributed by atoms with van der Waals surface area (Å²) in [7, 11) is 0. The van der Waals surface area contributed by atoms with Gasteiger partial charge in [0.15, 0.2) is 6.10 Å². The zero-order valence-corrected chi connectivity index (χ0v) is 8.47. The molecule has 5 nitrogen and oxygen atoms in total. The Labute approximate surface area is 83.0 Å². The third kappa shape index (κ3) is 2.43. The molecule has 0 radical (unpaired) electrons. The minimum absolute atomic E-state index is 0.0792. The first-order chi connectivity index (χ1) is 6.33. The number of hydrogen-bond donors (Lipinski definition) is 3. The van der Waals surface area contributed by atoms with Crippen molar-refractivity contribution < 1.29 is 20.1 Å². The second-order valence-corrected chi connectivity index (χ2v) is 4.55. The lowest BCUT2D eigenvalue weighted by molar-refractivity contribution is -0.147. The van der Waals surface area contributed by atoms with Crippen LogP contribution < -0.4 is 0 Å². The summed E-state index contributed by atoms with van der Waals surface area (Å²) in [4.78, 5) is 12.2. The van der Waals surface area contributed by atoms with Gasteiger partial charge >= 0.3 is 5.97 Å². The third-order valence-electron chi connectivity index (χ3n) is 2.68. The van der Waals surface area contributed by atoms with Gasteiger partial charge in [-0.3, -0.25) is 4.90 Å². The molecule has 0 bridgehead atoms. The molecule has 14 heavy (non-hydrogen) atoms. The van der Waals surface area contributed by atoms with Gasteiger partial charge in [0, 0.05) is 25.0 Å². The van der Waals surface area contributed by atoms with Crippen LogP contribution in [0.2, 0.25) is 0 Å². The minimum Gasteiger partial charge on any atom is -0.479 e. The standard InChI is InChI=1S/C9H17NO4/c1-9(2)5-10(4-7(9)12)3-6(11)8(13)14/h6-7,11-12H,3-5H2,1-2H3,(H,13,14). The van der Waals surface area contributed by atoms with Crippen LogP contribution in [0.4, 0.5) is 0 Å². The summed E-state index contributed by atoms with van der Waals surface area (Å²) in [6.07, 6.45) is -1.82. The zero-order valence-electron chi connectivity index (χ0n) is 8.47. The smallest absolute Gasteiger partial charge is 0.333 e. The number of nitrogens with zero attached hydrogens (tertiary/aromatic N) is 1. The summed E-state index contributed by atoms with van der Waals surface area (Å²) in [5, 5.41) is 27.2. The molecule has 0 aromatic rings. The molecule has 1 aliphatic rings. The average molecular weight is 203 g/mol. The van der Waals surface area contributed by atoms with E-state index in [2.05, 4.69) is 0 Å². The molecule has 0 amide bonds. The molecular formula is C9H17NO4. The van der Waals surface area contributed by atoms with Crippen molar-refractivity contribution in [1.82, 2.24) is 4.90 Å². The van der Waals surface area contributed by atoms with E-state index < -0.39 is 18.2 Å². The Kier molecular flexibility index (Phi) is 3.14. The van der Waals surface area contributed by atoms with Crippen LogP contribution in [0.5, 0.6) is 0 Å². The highest BCUT2D eigenvalue weighted by molar-refractivity contribution is 5.72. The average Bonchev–Trinajstić information content (AvgIpc) is 2.25. The SMILES string of the molecule is CC1(C)CN(CC(O)C(=O)O)CC1O. The van der Waals surface area contributed by atoms with E-state index in [9.17, 15) is 9.90 Å². The largest absolute Gasteiger partial charge is 0.479 e. The van der Waals surface area contributed by atoms with Gasteiger partial charge in [0.2, 0.25) is 0 Å². The molecule has 0 aromatic carbocycles. The van der Waals surface area contributed by atoms with Gasteiger partial charge in [-0.2, -0.15) is 0 Å². The molecule has 1 fully saturated rings. The van der Waals surface area contributed by atoms with E-state index in [0.29, 0.717) is 13.1 Å². The van der Waals surface area contributed by atoms with Crippen molar-refractivity contribution in [2.75, 3.05) is 19.6 Å². The molecular weight excluding hydrogens is 186 g/mol. The molecule has 2 atom stereocenters. The quantitative estimate of drug-likeness (QED) is 0.556. The van der Waals surface area contributed by atoms with E-state index >= 15 is 0 Å². The maximum atomic E-state index is 10.4. The molecule has 0 aromatic heterocycles. The number of aliphatic hydroxyl groups excluding tert-OH is 2. The van der Waals surface area contributed by atoms with Gasteiger partial charge in [0.25, 0.3) is 0 Å². The Bertz CT molecular complexity index is 229. The first kappa shape index (κ1) is 11.4. The highest BCUT2D eigenvalue weighted by Crippen LogP contribution is 2.29. The molecule has 2 unspecified atom stereocenters. The summed E-state index contributed by atoms with van der Waals surface area (Å²) >= 11 is 0. The Morgan fingerprint density at radius 2 is 2.21 bits per heavy atom. The summed E-state index contributed by atoms with van der Waals surface area (Å²) in [6, 6.07) is 0. The molecule has 1 heterocycles. The van der Waals surface area contributed by atoms with E-state index in [4.69, 9.17) is 10.2 Å². The predicted molar refractivity (Wildman–Crippen MR) is 49.9 cm³/mol. The van der Waals surface area contributed by atoms with Crippen molar-refractivity contribution in [3.05, 3.63) is 0 Å². The number of hydrogen-bond acceptors (Lipinski definition) is 4. The fourth-order valence-corrected chi connectivity index (χ4v) is 1.70. The Balaban J connectivity index is 2.47. The van der Waals surface area contributed by atoms with E-state index in [1.807, 2.05) is 13.8 Å². The van der Waals surface area contributed by atoms with Crippen LogP contribution in [0.1, 0.15) is 13.8 Å². The van der Waals surface area contributed by atoms with Crippen LogP contribution in [-0.2, 0) is 4.79 Å². The van der Waals surface area contributed by atoms with Crippen molar-refractivity contribution in [1.29, 1.82) is 0 Å². The second kappa shape index (κ2) is 3.84. The molecule has 1 aliphatic heterocycles. The number of rotatable bonds is 3. The molecule has 1 saturated heterocycles. The van der Waals surface area contributed by atoms with Crippen LogP contribution >= 0.6 is 0 Å². The van der Waals surface area contributed by atoms with Gasteiger partial charge in [0.1, 0.15) is 0 Å². The van der Waals surface area contributed by atoms with E-state index in [1.54, 1.807) is 4.90 Å². The molecule has 5 heteroatoms. The van der Waals surface area contributed by atoms with Crippen LogP contribution in [-0.4, -0.2) is 58.0 Å². The highest BCUT2D eigenvalue weighted by Gasteiger charge is 2.38. The molecule has 3 N–H and O–H groups in total. The van der Waals surface area contributed by atoms with Crippen molar-refractivity contribution in [2.24, 2.45) is 5.41 Å². The number of aliphatic hydroxyl groups is 2. The Morgan fingerprint density at radius 1 is 1.64 bits per heavy atom. The van der Waals surface area contributed by atoms with Crippen molar-refractivity contribution in [2.45, 2.75) is 26.1 Å². The van der Waals surface area contributed by atoms with Crippen LogP contribution in [0.25, 0.3) is 0 Å². The van der Waals surface area contributed by atoms with E-state index in [-0.39, 0.29) is 12.0 Å². The van der Waals surface area contributed by atoms with Gasteiger partial charge < -0.3 is 15.3 Å². The third-order valence-corrected chi connectivity index (χ3v) is 2.68. The lowest BCUT2D eigenvalue weighted by atomic mass is 9.90. The number of carboxylic acid groups (broad SMARTS) is 1. The van der Waals surface area contributed by atoms with Crippen molar-refractivity contribution >= 4 is 5.97 Å². The zero-order chi connectivity index (χ0) is 10.9. The lowest BCUT2D eigenvalue weighted by Crippen LogP contribution is -2.36. The Hall–Kier alpha value is -0.650. The second-order valence-electron chi connectivity index (χ2n) is 4.55. The summed E-state index contributed by atoms with van der Waals surface area (Å²) in [5.41, 5.74) is -0.224. The van der Waals surface area contributed by atoms with Crippen LogP contribution in [0.15, 0.2) is 0 Å². The van der Waals surface area contributed by atoms with Gasteiger partial charge in [-0.15, -0.1) is 0 Å². The van der Waals surface area contributed by atoms with Gasteiger partial charge in [-0.05, 0) is 0 Å². The maximum Gasteiger partial charge on any atom is 0.333 e. The van der Waals surface area contributed by atoms with E-state index in [1.165, 1.54) is 0 Å². The van der Waals surface area contributed by atoms with Crippen molar-refractivity contribution in [3.8, 4) is 0 Å². The Morgan fingerprint density at radius 3 is 2.57 bits per heavy atom. The number of carbonyl (C=O) groups is 1. The van der Waals surface area contributed by atoms with E-state index in [0.717, 1.165) is 0 Å². The van der Waals surface area contributed by atoms with Gasteiger partial charge in [0.05, 0.1) is 6.10 Å². The van der Waals surface area contributed by atoms with Gasteiger partial charge in [-0.1, -0.05) is 13.8 Å². The minimum atomic E-state index is -1.36. The normalized spacial score (nSPS) is 29.0. The number of aliphatic carboxylic acids is 1. The summed E-state index contributed by atoms with van der Waals surface area (Å²) < 4.78 is 0. The van der Waals surface area contributed by atoms with Crippen molar-refractivity contribution in [3.63, 3.8) is 0 Å². The predicted octanol–water partition coefficient (Wildman–Crippen LogP) is -0.865. The molecule has 0 aliphatic carbocycles. The fourth-order valence-electron chi connectivity index (χ4n) is 1.70. The molecule has 1 rings (SSSR count). The fraction of sp³-hybridized carbons (Fsp3) is 0.889. The number of carboxylic acids is 1. The number of likely N-dealkylation sites (tertiary alicyclic amines) is 1. The van der Waals surface area contributed by atoms with Crippen LogP contribution in [0.3, 0.4) is 0 Å². The highest BCUT2D eigenvalue weighted by atomic mass is 16.4. The molecule has 0 spiro atoms. The molecule has 0 saturated carbocycles. The number of β-amino-alcohol motifs (C(OH)–C–C–N with tert-alkyl or cyclic N) is 2. The summed E-state index contributed by atoms with van der Waals surface area (Å²) in [5.74, 6) is -1.22. The first-order valence-electron chi connectivity index (χ1n) is 4.64. The summed E-state index contributed by atoms with van der Waals surface area (Å²) in [6.45, 7) is 4.96. The maximum absolute atomic E-state index is 10.4. The van der Waals surface area contributed by atoms with Gasteiger partial charge in [-0.25, -0.2) is 4.79 Å². The molecule has 82 valence electrons. The van der Waals surface area contributed by atoms with Crippen LogP contribution in [0, 0.1) is 5.41 Å². The monoisotopic (exact) mass is 203 g/mol. The first-order valence-corrected chi connectivity index (χ1v) is 4.64.